The van der Waals surface area contributed by atoms with E-state index < -0.39 is 6.04 Å². The van der Waals surface area contributed by atoms with Crippen LogP contribution in [0.1, 0.15) is 29.3 Å². The van der Waals surface area contributed by atoms with E-state index in [0.29, 0.717) is 24.5 Å². The molecule has 0 aliphatic rings. The number of nitrogens with one attached hydrogen (secondary N) is 2. The Morgan fingerprint density at radius 2 is 2.00 bits per heavy atom. The summed E-state index contributed by atoms with van der Waals surface area (Å²) in [6, 6.07) is 10.5. The highest BCUT2D eigenvalue weighted by atomic mass is 16.1. The Kier molecular flexibility index (Phi) is 6.36. The standard InChI is InChI=1S/C21H20N8O/c1-14-11-24-21(27-18-12-25-29(13-18)9-3-8-22)28-19(14)16-4-6-17(7-5-16)20(30)26-15(2)10-23/h4-7,11-13,15H,3,9H2,1-2H3,(H,26,30)(H,24,27,28). The van der Waals surface area contributed by atoms with Gasteiger partial charge in [-0.3, -0.25) is 9.48 Å². The molecule has 1 amide bonds. The Morgan fingerprint density at radius 1 is 1.23 bits per heavy atom. The predicted molar refractivity (Wildman–Crippen MR) is 110 cm³/mol. The SMILES string of the molecule is Cc1cnc(Nc2cnn(CCC#N)c2)nc1-c1ccc(C(=O)NC(C)C#N)cc1. The molecule has 150 valence electrons. The van der Waals surface area contributed by atoms with Crippen LogP contribution in [-0.2, 0) is 6.54 Å². The first-order valence-corrected chi connectivity index (χ1v) is 9.31. The van der Waals surface area contributed by atoms with Gasteiger partial charge >= 0.3 is 0 Å². The largest absolute Gasteiger partial charge is 0.337 e. The molecule has 1 unspecified atom stereocenters. The topological polar surface area (TPSA) is 132 Å². The van der Waals surface area contributed by atoms with Gasteiger partial charge in [-0.25, -0.2) is 9.97 Å². The summed E-state index contributed by atoms with van der Waals surface area (Å²) in [5, 5.41) is 27.4. The zero-order valence-corrected chi connectivity index (χ0v) is 16.6. The van der Waals surface area contributed by atoms with E-state index in [1.54, 1.807) is 42.3 Å². The van der Waals surface area contributed by atoms with Gasteiger partial charge in [0.2, 0.25) is 5.95 Å². The second-order valence-corrected chi connectivity index (χ2v) is 6.65. The molecule has 2 heterocycles. The van der Waals surface area contributed by atoms with Crippen molar-refractivity contribution in [3.05, 3.63) is 54.0 Å². The third-order valence-electron chi connectivity index (χ3n) is 4.28. The van der Waals surface area contributed by atoms with E-state index in [9.17, 15) is 4.79 Å². The smallest absolute Gasteiger partial charge is 0.252 e. The van der Waals surface area contributed by atoms with Gasteiger partial charge in [0.15, 0.2) is 0 Å². The third-order valence-corrected chi connectivity index (χ3v) is 4.28. The molecule has 9 nitrogen and oxygen atoms in total. The summed E-state index contributed by atoms with van der Waals surface area (Å²) < 4.78 is 1.68. The van der Waals surface area contributed by atoms with Gasteiger partial charge in [-0.15, -0.1) is 0 Å². The number of aromatic nitrogens is 4. The monoisotopic (exact) mass is 400 g/mol. The van der Waals surface area contributed by atoms with Crippen LogP contribution in [0.15, 0.2) is 42.9 Å². The molecule has 3 aromatic rings. The van der Waals surface area contributed by atoms with Crippen LogP contribution >= 0.6 is 0 Å². The lowest BCUT2D eigenvalue weighted by Gasteiger charge is -2.10. The molecule has 0 aliphatic heterocycles. The number of rotatable bonds is 7. The first-order valence-electron chi connectivity index (χ1n) is 9.31. The molecule has 0 spiro atoms. The zero-order chi connectivity index (χ0) is 21.5. The van der Waals surface area contributed by atoms with E-state index in [0.717, 1.165) is 22.5 Å². The maximum absolute atomic E-state index is 12.1. The summed E-state index contributed by atoms with van der Waals surface area (Å²) in [5.41, 5.74) is 3.66. The van der Waals surface area contributed by atoms with Crippen molar-refractivity contribution < 1.29 is 4.79 Å². The lowest BCUT2D eigenvalue weighted by atomic mass is 10.1. The van der Waals surface area contributed by atoms with E-state index in [-0.39, 0.29) is 5.91 Å². The fraction of sp³-hybridized carbons (Fsp3) is 0.238. The molecule has 30 heavy (non-hydrogen) atoms. The van der Waals surface area contributed by atoms with Gasteiger partial charge in [0.1, 0.15) is 6.04 Å². The second kappa shape index (κ2) is 9.30. The Balaban J connectivity index is 1.77. The van der Waals surface area contributed by atoms with Crippen molar-refractivity contribution in [2.75, 3.05) is 5.32 Å². The van der Waals surface area contributed by atoms with E-state index >= 15 is 0 Å². The van der Waals surface area contributed by atoms with Crippen LogP contribution in [0.3, 0.4) is 0 Å². The maximum Gasteiger partial charge on any atom is 0.252 e. The molecule has 2 aromatic heterocycles. The minimum absolute atomic E-state index is 0.300. The number of nitriles is 2. The fourth-order valence-electron chi connectivity index (χ4n) is 2.73. The van der Waals surface area contributed by atoms with Crippen LogP contribution in [0, 0.1) is 29.6 Å². The molecule has 2 N–H and O–H groups in total. The van der Waals surface area contributed by atoms with Gasteiger partial charge in [0.05, 0.1) is 42.7 Å². The fourth-order valence-corrected chi connectivity index (χ4v) is 2.73. The number of anilines is 2. The van der Waals surface area contributed by atoms with Crippen molar-refractivity contribution in [1.29, 1.82) is 10.5 Å². The summed E-state index contributed by atoms with van der Waals surface area (Å²) >= 11 is 0. The van der Waals surface area contributed by atoms with Crippen molar-refractivity contribution >= 4 is 17.5 Å². The molecular formula is C21H20N8O. The van der Waals surface area contributed by atoms with Gasteiger partial charge in [0, 0.05) is 23.5 Å². The Labute approximate surface area is 174 Å². The molecule has 1 atom stereocenters. The quantitative estimate of drug-likeness (QED) is 0.623. The van der Waals surface area contributed by atoms with Crippen molar-refractivity contribution in [3.63, 3.8) is 0 Å². The van der Waals surface area contributed by atoms with Gasteiger partial charge in [-0.2, -0.15) is 15.6 Å². The molecule has 9 heteroatoms. The molecule has 1 aromatic carbocycles. The summed E-state index contributed by atoms with van der Waals surface area (Å²) in [6.45, 7) is 4.05. The molecule has 0 radical (unpaired) electrons. The average Bonchev–Trinajstić information content (AvgIpc) is 3.20. The predicted octanol–water partition coefficient (Wildman–Crippen LogP) is 2.95. The van der Waals surface area contributed by atoms with Crippen LogP contribution in [0.4, 0.5) is 11.6 Å². The van der Waals surface area contributed by atoms with Crippen molar-refractivity contribution in [2.45, 2.75) is 32.9 Å². The first kappa shape index (κ1) is 20.5. The number of benzene rings is 1. The highest BCUT2D eigenvalue weighted by molar-refractivity contribution is 5.95. The summed E-state index contributed by atoms with van der Waals surface area (Å²) in [7, 11) is 0. The second-order valence-electron chi connectivity index (χ2n) is 6.65. The van der Waals surface area contributed by atoms with Crippen molar-refractivity contribution in [2.24, 2.45) is 0 Å². The first-order chi connectivity index (χ1) is 14.5. The molecule has 0 fully saturated rings. The van der Waals surface area contributed by atoms with Crippen LogP contribution in [0.5, 0.6) is 0 Å². The molecule has 0 aliphatic carbocycles. The minimum Gasteiger partial charge on any atom is -0.337 e. The van der Waals surface area contributed by atoms with Crippen LogP contribution < -0.4 is 10.6 Å². The number of hydrogen-bond acceptors (Lipinski definition) is 7. The Morgan fingerprint density at radius 3 is 2.70 bits per heavy atom. The minimum atomic E-state index is -0.556. The molecule has 3 rings (SSSR count). The Hall–Kier alpha value is -4.24. The normalized spacial score (nSPS) is 11.2. The molecule has 0 saturated carbocycles. The van der Waals surface area contributed by atoms with E-state index in [4.69, 9.17) is 10.5 Å². The number of hydrogen-bond donors (Lipinski definition) is 2. The van der Waals surface area contributed by atoms with E-state index in [1.807, 2.05) is 25.1 Å². The van der Waals surface area contributed by atoms with Crippen LogP contribution in [0.2, 0.25) is 0 Å². The van der Waals surface area contributed by atoms with Gasteiger partial charge in [-0.05, 0) is 31.5 Å². The number of carbonyl (C=O) groups excluding carboxylic acids is 1. The lowest BCUT2D eigenvalue weighted by Crippen LogP contribution is -2.31. The number of amides is 1. The molecular weight excluding hydrogens is 380 g/mol. The van der Waals surface area contributed by atoms with Crippen molar-refractivity contribution in [1.82, 2.24) is 25.1 Å². The number of carbonyl (C=O) groups is 1. The highest BCUT2D eigenvalue weighted by Gasteiger charge is 2.11. The van der Waals surface area contributed by atoms with Gasteiger partial charge < -0.3 is 10.6 Å². The Bertz CT molecular complexity index is 1120. The summed E-state index contributed by atoms with van der Waals surface area (Å²) in [4.78, 5) is 21.0. The van der Waals surface area contributed by atoms with E-state index in [2.05, 4.69) is 31.8 Å². The molecule has 0 saturated heterocycles. The van der Waals surface area contributed by atoms with Gasteiger partial charge in [-0.1, -0.05) is 12.1 Å². The average molecular weight is 400 g/mol. The summed E-state index contributed by atoms with van der Waals surface area (Å²) in [6.07, 6.45) is 5.54. The summed E-state index contributed by atoms with van der Waals surface area (Å²) in [5.74, 6) is 0.117. The maximum atomic E-state index is 12.1. The third kappa shape index (κ3) is 4.97. The zero-order valence-electron chi connectivity index (χ0n) is 16.6. The molecule has 0 bridgehead atoms. The highest BCUT2D eigenvalue weighted by Crippen LogP contribution is 2.23. The number of nitrogens with zero attached hydrogens (tertiary/aromatic N) is 6. The van der Waals surface area contributed by atoms with Crippen molar-refractivity contribution in [3.8, 4) is 23.4 Å². The van der Waals surface area contributed by atoms with Gasteiger partial charge in [0.25, 0.3) is 5.91 Å². The van der Waals surface area contributed by atoms with Crippen LogP contribution in [-0.4, -0.2) is 31.7 Å². The number of aryl methyl sites for hydroxylation is 2. The van der Waals surface area contributed by atoms with Crippen LogP contribution in [0.25, 0.3) is 11.3 Å². The lowest BCUT2D eigenvalue weighted by molar-refractivity contribution is 0.0948. The van der Waals surface area contributed by atoms with E-state index in [1.165, 1.54) is 0 Å².